The Balaban J connectivity index is 2.76. The Labute approximate surface area is 79.9 Å². The van der Waals surface area contributed by atoms with Gasteiger partial charge < -0.3 is 5.73 Å². The molecule has 0 aliphatic carbocycles. The highest BCUT2D eigenvalue weighted by Crippen LogP contribution is 2.07. The van der Waals surface area contributed by atoms with Crippen molar-refractivity contribution in [3.05, 3.63) is 46.8 Å². The maximum atomic E-state index is 5.16. The van der Waals surface area contributed by atoms with Crippen LogP contribution in [0.3, 0.4) is 0 Å². The SMILES string of the molecule is N/C=C/C=C\c1cccc(Br)n1. The third kappa shape index (κ3) is 2.88. The number of aromatic nitrogens is 1. The molecular weight excluding hydrogens is 216 g/mol. The average Bonchev–Trinajstić information content (AvgIpc) is 2.05. The molecule has 0 radical (unpaired) electrons. The van der Waals surface area contributed by atoms with Gasteiger partial charge in [0.05, 0.1) is 5.69 Å². The maximum absolute atomic E-state index is 5.16. The molecule has 2 nitrogen and oxygen atoms in total. The first-order valence-electron chi connectivity index (χ1n) is 3.50. The number of allylic oxidation sites excluding steroid dienone is 2. The van der Waals surface area contributed by atoms with Crippen molar-refractivity contribution in [2.45, 2.75) is 0 Å². The molecular formula is C9H9BrN2. The van der Waals surface area contributed by atoms with E-state index in [-0.39, 0.29) is 0 Å². The average molecular weight is 225 g/mol. The minimum atomic E-state index is 0.835. The fourth-order valence-electron chi connectivity index (χ4n) is 0.735. The monoisotopic (exact) mass is 224 g/mol. The number of halogens is 1. The Hall–Kier alpha value is -1.09. The first kappa shape index (κ1) is 9.00. The molecule has 0 amide bonds. The summed E-state index contributed by atoms with van der Waals surface area (Å²) < 4.78 is 0.835. The molecule has 0 aromatic carbocycles. The predicted molar refractivity (Wildman–Crippen MR) is 54.3 cm³/mol. The van der Waals surface area contributed by atoms with Crippen molar-refractivity contribution in [1.29, 1.82) is 0 Å². The zero-order valence-electron chi connectivity index (χ0n) is 6.44. The van der Waals surface area contributed by atoms with Crippen LogP contribution in [0.2, 0.25) is 0 Å². The Bertz CT molecular complexity index is 305. The van der Waals surface area contributed by atoms with E-state index in [0.717, 1.165) is 10.3 Å². The van der Waals surface area contributed by atoms with Crippen LogP contribution in [-0.2, 0) is 0 Å². The maximum Gasteiger partial charge on any atom is 0.106 e. The fraction of sp³-hybridized carbons (Fsp3) is 0. The molecule has 0 aliphatic heterocycles. The van der Waals surface area contributed by atoms with Crippen LogP contribution in [0.15, 0.2) is 41.2 Å². The van der Waals surface area contributed by atoms with Crippen LogP contribution in [0.5, 0.6) is 0 Å². The summed E-state index contributed by atoms with van der Waals surface area (Å²) in [7, 11) is 0. The lowest BCUT2D eigenvalue weighted by atomic mass is 10.3. The van der Waals surface area contributed by atoms with Crippen molar-refractivity contribution in [3.63, 3.8) is 0 Å². The zero-order chi connectivity index (χ0) is 8.81. The Morgan fingerprint density at radius 3 is 2.83 bits per heavy atom. The predicted octanol–water partition coefficient (Wildman–Crippen LogP) is 2.33. The molecule has 12 heavy (non-hydrogen) atoms. The second-order valence-electron chi connectivity index (χ2n) is 2.13. The lowest BCUT2D eigenvalue weighted by Crippen LogP contribution is -1.79. The number of hydrogen-bond donors (Lipinski definition) is 1. The summed E-state index contributed by atoms with van der Waals surface area (Å²) in [5.41, 5.74) is 6.07. The van der Waals surface area contributed by atoms with Gasteiger partial charge in [0.25, 0.3) is 0 Å². The number of hydrogen-bond acceptors (Lipinski definition) is 2. The minimum Gasteiger partial charge on any atom is -0.405 e. The molecule has 62 valence electrons. The molecule has 0 aliphatic rings. The molecule has 1 rings (SSSR count). The van der Waals surface area contributed by atoms with Crippen molar-refractivity contribution >= 4 is 22.0 Å². The molecule has 1 aromatic rings. The first-order chi connectivity index (χ1) is 5.83. The van der Waals surface area contributed by atoms with Gasteiger partial charge in [-0.2, -0.15) is 0 Å². The lowest BCUT2D eigenvalue weighted by molar-refractivity contribution is 1.25. The lowest BCUT2D eigenvalue weighted by Gasteiger charge is -1.91. The minimum absolute atomic E-state index is 0.835. The summed E-state index contributed by atoms with van der Waals surface area (Å²) in [6.45, 7) is 0. The summed E-state index contributed by atoms with van der Waals surface area (Å²) in [5, 5.41) is 0. The van der Waals surface area contributed by atoms with Gasteiger partial charge in [-0.15, -0.1) is 0 Å². The highest BCUT2D eigenvalue weighted by Gasteiger charge is 1.87. The van der Waals surface area contributed by atoms with Gasteiger partial charge in [0.2, 0.25) is 0 Å². The van der Waals surface area contributed by atoms with Gasteiger partial charge in [-0.05, 0) is 46.4 Å². The number of rotatable bonds is 2. The Morgan fingerprint density at radius 2 is 2.17 bits per heavy atom. The molecule has 0 saturated heterocycles. The summed E-state index contributed by atoms with van der Waals surface area (Å²) in [4.78, 5) is 4.20. The molecule has 1 heterocycles. The van der Waals surface area contributed by atoms with Crippen molar-refractivity contribution in [2.75, 3.05) is 0 Å². The summed E-state index contributed by atoms with van der Waals surface area (Å²) in [6.07, 6.45) is 6.96. The second-order valence-corrected chi connectivity index (χ2v) is 2.94. The van der Waals surface area contributed by atoms with Crippen molar-refractivity contribution in [1.82, 2.24) is 4.98 Å². The molecule has 0 atom stereocenters. The van der Waals surface area contributed by atoms with E-state index in [4.69, 9.17) is 5.73 Å². The molecule has 3 heteroatoms. The van der Waals surface area contributed by atoms with Crippen LogP contribution < -0.4 is 5.73 Å². The van der Waals surface area contributed by atoms with Crippen molar-refractivity contribution in [3.8, 4) is 0 Å². The van der Waals surface area contributed by atoms with Gasteiger partial charge in [0.15, 0.2) is 0 Å². The van der Waals surface area contributed by atoms with Gasteiger partial charge in [-0.1, -0.05) is 12.1 Å². The quantitative estimate of drug-likeness (QED) is 0.619. The van der Waals surface area contributed by atoms with Gasteiger partial charge in [-0.3, -0.25) is 0 Å². The van der Waals surface area contributed by atoms with E-state index >= 15 is 0 Å². The van der Waals surface area contributed by atoms with Gasteiger partial charge >= 0.3 is 0 Å². The smallest absolute Gasteiger partial charge is 0.106 e. The highest BCUT2D eigenvalue weighted by molar-refractivity contribution is 9.10. The van der Waals surface area contributed by atoms with E-state index in [0.29, 0.717) is 0 Å². The van der Waals surface area contributed by atoms with Gasteiger partial charge in [0.1, 0.15) is 4.60 Å². The highest BCUT2D eigenvalue weighted by atomic mass is 79.9. The van der Waals surface area contributed by atoms with Gasteiger partial charge in [-0.25, -0.2) is 4.98 Å². The van der Waals surface area contributed by atoms with E-state index < -0.39 is 0 Å². The summed E-state index contributed by atoms with van der Waals surface area (Å²) in [6, 6.07) is 5.74. The van der Waals surface area contributed by atoms with Crippen molar-refractivity contribution < 1.29 is 0 Å². The number of nitrogens with zero attached hydrogens (tertiary/aromatic N) is 1. The molecule has 1 aromatic heterocycles. The third-order valence-corrected chi connectivity index (χ3v) is 1.67. The van der Waals surface area contributed by atoms with Crippen LogP contribution >= 0.6 is 15.9 Å². The van der Waals surface area contributed by atoms with Gasteiger partial charge in [0, 0.05) is 0 Å². The normalized spacial score (nSPS) is 11.4. The van der Waals surface area contributed by atoms with E-state index in [1.165, 1.54) is 6.20 Å². The van der Waals surface area contributed by atoms with Crippen LogP contribution in [0.4, 0.5) is 0 Å². The molecule has 2 N–H and O–H groups in total. The van der Waals surface area contributed by atoms with Crippen LogP contribution in [0.1, 0.15) is 5.69 Å². The van der Waals surface area contributed by atoms with Crippen LogP contribution in [-0.4, -0.2) is 4.98 Å². The molecule has 0 saturated carbocycles. The fourth-order valence-corrected chi connectivity index (χ4v) is 1.09. The second kappa shape index (κ2) is 4.72. The largest absolute Gasteiger partial charge is 0.405 e. The third-order valence-electron chi connectivity index (χ3n) is 1.23. The van der Waals surface area contributed by atoms with Crippen molar-refractivity contribution in [2.24, 2.45) is 5.73 Å². The van der Waals surface area contributed by atoms with Crippen LogP contribution in [0, 0.1) is 0 Å². The molecule has 0 fully saturated rings. The first-order valence-corrected chi connectivity index (χ1v) is 4.30. The van der Waals surface area contributed by atoms with E-state index in [9.17, 15) is 0 Å². The molecule has 0 bridgehead atoms. The van der Waals surface area contributed by atoms with E-state index in [1.807, 2.05) is 30.4 Å². The summed E-state index contributed by atoms with van der Waals surface area (Å²) >= 11 is 3.28. The Kier molecular flexibility index (Phi) is 3.54. The molecule has 0 spiro atoms. The Morgan fingerprint density at radius 1 is 1.33 bits per heavy atom. The number of pyridine rings is 1. The van der Waals surface area contributed by atoms with E-state index in [1.54, 1.807) is 6.08 Å². The summed E-state index contributed by atoms with van der Waals surface area (Å²) in [5.74, 6) is 0. The zero-order valence-corrected chi connectivity index (χ0v) is 8.03. The molecule has 0 unspecified atom stereocenters. The van der Waals surface area contributed by atoms with E-state index in [2.05, 4.69) is 20.9 Å². The van der Waals surface area contributed by atoms with Crippen LogP contribution in [0.25, 0.3) is 6.08 Å². The topological polar surface area (TPSA) is 38.9 Å². The standard InChI is InChI=1S/C9H9BrN2/c10-9-6-3-5-8(12-9)4-1-2-7-11/h1-7H,11H2/b4-1-,7-2+. The number of nitrogens with two attached hydrogens (primary N) is 1.